The number of nitrogens with two attached hydrogens (primary N) is 2. The molecule has 0 amide bonds. The van der Waals surface area contributed by atoms with Gasteiger partial charge in [0.15, 0.2) is 34.5 Å². The lowest BCUT2D eigenvalue weighted by Crippen LogP contribution is -2.52. The van der Waals surface area contributed by atoms with Gasteiger partial charge in [0.05, 0.1) is 33.9 Å². The van der Waals surface area contributed by atoms with Gasteiger partial charge in [-0.1, -0.05) is 57.8 Å². The molecule has 0 bridgehead atoms. The van der Waals surface area contributed by atoms with E-state index in [9.17, 15) is 19.5 Å². The van der Waals surface area contributed by atoms with Crippen molar-refractivity contribution < 1.29 is 28.2 Å². The van der Waals surface area contributed by atoms with E-state index in [1.54, 1.807) is 10.8 Å². The molecule has 2 atom stereocenters. The summed E-state index contributed by atoms with van der Waals surface area (Å²) < 4.78 is 46.9. The highest BCUT2D eigenvalue weighted by molar-refractivity contribution is 6.01. The molecule has 20 heteroatoms. The maximum absolute atomic E-state index is 15.7. The Morgan fingerprint density at radius 2 is 1.24 bits per heavy atom. The lowest BCUT2D eigenvalue weighted by Gasteiger charge is -2.39. The SMILES string of the molecule is CC1COc2c(N3CCN(C(=N)CC(=N)CCCCCCCCCCCCCN=C(N)N=C(N)N4CCN(c5c(F)cc6c(=O)c(C(=O)O)cn7c6c5OCC7C)CC4)CC3)c(F)cc3c(=O)ccn1c23. The number of benzene rings is 2. The number of halogens is 2. The first-order valence-electron chi connectivity index (χ1n) is 25.3. The number of hydrogen-bond donors (Lipinski definition) is 5. The smallest absolute Gasteiger partial charge is 0.341 e. The highest BCUT2D eigenvalue weighted by Gasteiger charge is 2.33. The molecule has 0 spiro atoms. The fourth-order valence-corrected chi connectivity index (χ4v) is 10.3. The van der Waals surface area contributed by atoms with E-state index in [0.717, 1.165) is 44.6 Å². The molecule has 0 saturated carbocycles. The summed E-state index contributed by atoms with van der Waals surface area (Å²) in [5, 5.41) is 27.1. The van der Waals surface area contributed by atoms with E-state index in [1.807, 2.05) is 38.0 Å². The van der Waals surface area contributed by atoms with E-state index in [0.29, 0.717) is 118 Å². The number of carboxylic acids is 1. The normalized spacial score (nSPS) is 18.3. The number of rotatable bonds is 19. The molecule has 4 aliphatic heterocycles. The van der Waals surface area contributed by atoms with Crippen LogP contribution in [0.3, 0.4) is 0 Å². The zero-order valence-corrected chi connectivity index (χ0v) is 41.0. The topological polar surface area (TPSA) is 237 Å². The summed E-state index contributed by atoms with van der Waals surface area (Å²) in [5.41, 5.74) is 13.2. The van der Waals surface area contributed by atoms with Gasteiger partial charge in [-0.15, -0.1) is 0 Å². The second-order valence-corrected chi connectivity index (χ2v) is 19.4. The van der Waals surface area contributed by atoms with Gasteiger partial charge >= 0.3 is 5.97 Å². The first-order chi connectivity index (χ1) is 34.2. The van der Waals surface area contributed by atoms with Crippen molar-refractivity contribution in [3.63, 3.8) is 0 Å². The Kier molecular flexibility index (Phi) is 16.1. The Bertz CT molecular complexity index is 2830. The maximum Gasteiger partial charge on any atom is 0.341 e. The van der Waals surface area contributed by atoms with Gasteiger partial charge in [-0.05, 0) is 45.2 Å². The third-order valence-corrected chi connectivity index (χ3v) is 14.3. The molecule has 4 aliphatic rings. The molecule has 2 saturated heterocycles. The van der Waals surface area contributed by atoms with Gasteiger partial charge in [0.1, 0.15) is 36.0 Å². The van der Waals surface area contributed by atoms with Gasteiger partial charge in [-0.2, -0.15) is 4.99 Å². The Balaban J connectivity index is 0.653. The van der Waals surface area contributed by atoms with E-state index >= 15 is 8.78 Å². The van der Waals surface area contributed by atoms with E-state index < -0.39 is 28.6 Å². The quantitative estimate of drug-likeness (QED) is 0.0369. The van der Waals surface area contributed by atoms with Gasteiger partial charge in [0.2, 0.25) is 11.4 Å². The van der Waals surface area contributed by atoms with Crippen LogP contribution in [0.5, 0.6) is 11.5 Å². The van der Waals surface area contributed by atoms with Crippen molar-refractivity contribution >= 4 is 62.6 Å². The Hall–Kier alpha value is -6.73. The van der Waals surface area contributed by atoms with Crippen LogP contribution in [0.1, 0.15) is 120 Å². The lowest BCUT2D eigenvalue weighted by atomic mass is 10.0. The monoisotopic (exact) mass is 983 g/mol. The fourth-order valence-electron chi connectivity index (χ4n) is 10.3. The molecule has 4 aromatic rings. The molecule has 2 aromatic carbocycles. The fraction of sp³-hybridized carbons (Fsp3) is 0.549. The van der Waals surface area contributed by atoms with Crippen LogP contribution in [-0.2, 0) is 0 Å². The molecular weight excluding hydrogens is 915 g/mol. The van der Waals surface area contributed by atoms with Crippen LogP contribution in [-0.4, -0.2) is 126 Å². The molecule has 7 N–H and O–H groups in total. The largest absolute Gasteiger partial charge is 0.487 e. The van der Waals surface area contributed by atoms with Crippen molar-refractivity contribution in [2.24, 2.45) is 21.5 Å². The number of carboxylic acid groups (broad SMARTS) is 1. The van der Waals surface area contributed by atoms with Crippen LogP contribution < -0.4 is 41.6 Å². The van der Waals surface area contributed by atoms with Gasteiger partial charge in [-0.25, -0.2) is 13.6 Å². The Morgan fingerprint density at radius 3 is 1.82 bits per heavy atom. The average molecular weight is 983 g/mol. The average Bonchev–Trinajstić information content (AvgIpc) is 3.35. The number of nitrogens with one attached hydrogen (secondary N) is 2. The van der Waals surface area contributed by atoms with Gasteiger partial charge < -0.3 is 60.2 Å². The van der Waals surface area contributed by atoms with E-state index in [2.05, 4.69) is 9.98 Å². The number of anilines is 2. The highest BCUT2D eigenvalue weighted by atomic mass is 19.1. The zero-order valence-electron chi connectivity index (χ0n) is 41.0. The summed E-state index contributed by atoms with van der Waals surface area (Å²) in [6.45, 7) is 8.80. The maximum atomic E-state index is 15.7. The van der Waals surface area contributed by atoms with Crippen LogP contribution in [0.4, 0.5) is 20.2 Å². The van der Waals surface area contributed by atoms with Gasteiger partial charge in [0, 0.05) is 89.5 Å². The lowest BCUT2D eigenvalue weighted by molar-refractivity contribution is 0.0694. The number of nitrogens with zero attached hydrogens (tertiary/aromatic N) is 8. The number of unbranched alkanes of at least 4 members (excludes halogenated alkanes) is 10. The van der Waals surface area contributed by atoms with Crippen LogP contribution in [0.15, 0.2) is 50.2 Å². The van der Waals surface area contributed by atoms with Crippen LogP contribution in [0.25, 0.3) is 21.8 Å². The molecule has 0 radical (unpaired) electrons. The molecule has 6 heterocycles. The molecule has 2 fully saturated rings. The number of carbonyl (C=O) groups is 1. The molecule has 8 rings (SSSR count). The summed E-state index contributed by atoms with van der Waals surface area (Å²) in [6, 6.07) is 3.69. The number of amidine groups is 1. The van der Waals surface area contributed by atoms with E-state index in [1.165, 1.54) is 50.4 Å². The second kappa shape index (κ2) is 22.6. The Labute approximate surface area is 411 Å². The van der Waals surface area contributed by atoms with Crippen molar-refractivity contribution in [2.45, 2.75) is 109 Å². The summed E-state index contributed by atoms with van der Waals surface area (Å²) in [7, 11) is 0. The second-order valence-electron chi connectivity index (χ2n) is 19.4. The summed E-state index contributed by atoms with van der Waals surface area (Å²) in [6.07, 6.45) is 16.3. The molecule has 2 aromatic heterocycles. The predicted octanol–water partition coefficient (Wildman–Crippen LogP) is 6.84. The zero-order chi connectivity index (χ0) is 50.3. The molecule has 71 heavy (non-hydrogen) atoms. The molecule has 2 unspecified atom stereocenters. The first-order valence-corrected chi connectivity index (χ1v) is 25.3. The minimum Gasteiger partial charge on any atom is -0.487 e. The highest BCUT2D eigenvalue weighted by Crippen LogP contribution is 2.43. The minimum absolute atomic E-state index is 0.0274. The standard InChI is InChI=1S/C51H68F2N12O6/c1-32-30-70-47-42-35(40(66)15-17-64(32)42)27-38(52)44(47)61-20-18-60(19-21-61)41(55)26-34(54)14-12-10-8-6-4-3-5-7-9-11-13-16-58-50(56)59-51(57)63-24-22-62(23-25-63)45-39(53)28-36-43-48(45)71-31-33(2)65(43)29-37(46(36)67)49(68)69/h15,17,27-29,32-33,54-55H,3-14,16,18-26,30-31H2,1-2H3,(H,68,69)(H4,56,57,58,59). The van der Waals surface area contributed by atoms with Crippen molar-refractivity contribution in [1.82, 2.24) is 18.9 Å². The van der Waals surface area contributed by atoms with Crippen molar-refractivity contribution in [3.8, 4) is 11.5 Å². The van der Waals surface area contributed by atoms with Crippen LogP contribution >= 0.6 is 0 Å². The number of hydrogen-bond acceptors (Lipinski definition) is 10. The number of aliphatic imine (C=N–C) groups is 2. The van der Waals surface area contributed by atoms with Crippen molar-refractivity contribution in [2.75, 3.05) is 81.9 Å². The van der Waals surface area contributed by atoms with Gasteiger partial charge in [0.25, 0.3) is 0 Å². The minimum atomic E-state index is -1.36. The molecule has 18 nitrogen and oxygen atoms in total. The summed E-state index contributed by atoms with van der Waals surface area (Å²) in [4.78, 5) is 53.6. The van der Waals surface area contributed by atoms with Crippen LogP contribution in [0, 0.1) is 22.5 Å². The van der Waals surface area contributed by atoms with Gasteiger partial charge in [-0.3, -0.25) is 20.0 Å². The number of aromatic nitrogens is 2. The number of guanidine groups is 2. The number of pyridine rings is 2. The number of piperazine rings is 2. The third kappa shape index (κ3) is 11.3. The number of ether oxygens (including phenoxy) is 2. The Morgan fingerprint density at radius 1 is 0.732 bits per heavy atom. The number of aromatic carboxylic acids is 1. The van der Waals surface area contributed by atoms with E-state index in [-0.39, 0.29) is 52.9 Å². The first kappa shape index (κ1) is 50.7. The predicted molar refractivity (Wildman–Crippen MR) is 275 cm³/mol. The summed E-state index contributed by atoms with van der Waals surface area (Å²) >= 11 is 0. The molecule has 382 valence electrons. The molecule has 0 aliphatic carbocycles. The van der Waals surface area contributed by atoms with E-state index in [4.69, 9.17) is 31.8 Å². The summed E-state index contributed by atoms with van der Waals surface area (Å²) in [5.74, 6) is -1.06. The third-order valence-electron chi connectivity index (χ3n) is 14.3. The van der Waals surface area contributed by atoms with Crippen molar-refractivity contribution in [3.05, 3.63) is 68.2 Å². The molecular formula is C51H68F2N12O6. The van der Waals surface area contributed by atoms with Crippen LogP contribution in [0.2, 0.25) is 0 Å². The van der Waals surface area contributed by atoms with Crippen molar-refractivity contribution in [1.29, 1.82) is 10.8 Å².